The van der Waals surface area contributed by atoms with Crippen molar-refractivity contribution < 1.29 is 14.3 Å². The molecule has 4 nitrogen and oxygen atoms in total. The number of imide groups is 1. The lowest BCUT2D eigenvalue weighted by Gasteiger charge is -2.25. The van der Waals surface area contributed by atoms with Gasteiger partial charge in [-0.3, -0.25) is 14.5 Å². The molecule has 0 unspecified atom stereocenters. The lowest BCUT2D eigenvalue weighted by atomic mass is 9.89. The van der Waals surface area contributed by atoms with Gasteiger partial charge in [0, 0.05) is 6.54 Å². The number of carbonyl (C=O) groups is 2. The van der Waals surface area contributed by atoms with Gasteiger partial charge in [0.1, 0.15) is 5.75 Å². The number of nitrogens with zero attached hydrogens (tertiary/aromatic N) is 1. The predicted molar refractivity (Wildman–Crippen MR) is 97.0 cm³/mol. The minimum atomic E-state index is -0.147. The number of ether oxygens (including phenoxy) is 1. The zero-order valence-corrected chi connectivity index (χ0v) is 15.0. The Labute approximate surface area is 147 Å². The lowest BCUT2D eigenvalue weighted by Crippen LogP contribution is -2.34. The van der Waals surface area contributed by atoms with Crippen LogP contribution in [-0.4, -0.2) is 29.7 Å². The minimum absolute atomic E-state index is 0.136. The molecule has 0 bridgehead atoms. The van der Waals surface area contributed by atoms with Gasteiger partial charge in [0.25, 0.3) is 11.1 Å². The number of aryl methyl sites for hydroxylation is 1. The van der Waals surface area contributed by atoms with Crippen LogP contribution in [0.4, 0.5) is 4.79 Å². The average Bonchev–Trinajstić information content (AvgIpc) is 2.85. The van der Waals surface area contributed by atoms with Crippen molar-refractivity contribution in [3.8, 4) is 5.75 Å². The fourth-order valence-corrected chi connectivity index (χ4v) is 4.20. The number of rotatable bonds is 4. The molecule has 1 aromatic carbocycles. The van der Waals surface area contributed by atoms with Crippen molar-refractivity contribution >= 4 is 29.0 Å². The third kappa shape index (κ3) is 3.66. The SMILES string of the molecule is COc1ccc(/C=C2/SC(=O)N(CC3CCCCC3)C2=O)c(C)c1. The van der Waals surface area contributed by atoms with E-state index < -0.39 is 0 Å². The molecule has 0 aromatic heterocycles. The lowest BCUT2D eigenvalue weighted by molar-refractivity contribution is -0.123. The van der Waals surface area contributed by atoms with Gasteiger partial charge in [-0.25, -0.2) is 0 Å². The van der Waals surface area contributed by atoms with Gasteiger partial charge in [0.2, 0.25) is 0 Å². The summed E-state index contributed by atoms with van der Waals surface area (Å²) in [5.41, 5.74) is 1.97. The van der Waals surface area contributed by atoms with Crippen LogP contribution < -0.4 is 4.74 Å². The van der Waals surface area contributed by atoms with Gasteiger partial charge in [-0.2, -0.15) is 0 Å². The van der Waals surface area contributed by atoms with Crippen molar-refractivity contribution in [1.82, 2.24) is 4.90 Å². The summed E-state index contributed by atoms with van der Waals surface area (Å²) in [6.45, 7) is 2.55. The first-order valence-electron chi connectivity index (χ1n) is 8.48. The third-order valence-electron chi connectivity index (χ3n) is 4.80. The third-order valence-corrected chi connectivity index (χ3v) is 5.71. The summed E-state index contributed by atoms with van der Waals surface area (Å²) in [5, 5.41) is -0.136. The molecule has 1 aliphatic carbocycles. The molecule has 5 heteroatoms. The average molecular weight is 345 g/mol. The van der Waals surface area contributed by atoms with E-state index in [-0.39, 0.29) is 11.1 Å². The van der Waals surface area contributed by atoms with E-state index in [4.69, 9.17) is 4.74 Å². The Balaban J connectivity index is 1.75. The molecule has 128 valence electrons. The second kappa shape index (κ2) is 7.43. The zero-order chi connectivity index (χ0) is 17.1. The molecular formula is C19H23NO3S. The van der Waals surface area contributed by atoms with Crippen LogP contribution in [0, 0.1) is 12.8 Å². The molecule has 1 aliphatic heterocycles. The number of thioether (sulfide) groups is 1. The molecule has 1 heterocycles. The highest BCUT2D eigenvalue weighted by atomic mass is 32.2. The first-order valence-corrected chi connectivity index (χ1v) is 9.30. The highest BCUT2D eigenvalue weighted by Crippen LogP contribution is 2.35. The van der Waals surface area contributed by atoms with Crippen LogP contribution in [0.2, 0.25) is 0 Å². The van der Waals surface area contributed by atoms with Gasteiger partial charge in [0.05, 0.1) is 12.0 Å². The molecule has 2 aliphatic rings. The number of hydrogen-bond acceptors (Lipinski definition) is 4. The van der Waals surface area contributed by atoms with Crippen molar-refractivity contribution in [2.24, 2.45) is 5.92 Å². The summed E-state index contributed by atoms with van der Waals surface area (Å²) >= 11 is 1.05. The molecule has 0 N–H and O–H groups in total. The topological polar surface area (TPSA) is 46.6 Å². The quantitative estimate of drug-likeness (QED) is 0.747. The van der Waals surface area contributed by atoms with E-state index in [1.54, 1.807) is 7.11 Å². The van der Waals surface area contributed by atoms with E-state index in [1.165, 1.54) is 24.2 Å². The van der Waals surface area contributed by atoms with Gasteiger partial charge in [-0.1, -0.05) is 25.3 Å². The fourth-order valence-electron chi connectivity index (χ4n) is 3.36. The predicted octanol–water partition coefficient (Wildman–Crippen LogP) is 4.62. The molecule has 3 rings (SSSR count). The second-order valence-corrected chi connectivity index (χ2v) is 7.51. The van der Waals surface area contributed by atoms with Gasteiger partial charge < -0.3 is 4.74 Å². The van der Waals surface area contributed by atoms with E-state index >= 15 is 0 Å². The van der Waals surface area contributed by atoms with E-state index in [0.29, 0.717) is 17.4 Å². The number of hydrogen-bond donors (Lipinski definition) is 0. The Morgan fingerprint density at radius 2 is 2.00 bits per heavy atom. The number of amides is 2. The normalized spacial score (nSPS) is 20.9. The van der Waals surface area contributed by atoms with Crippen LogP contribution in [0.25, 0.3) is 6.08 Å². The van der Waals surface area contributed by atoms with E-state index in [2.05, 4.69) is 0 Å². The van der Waals surface area contributed by atoms with Crippen LogP contribution in [0.15, 0.2) is 23.1 Å². The molecule has 2 fully saturated rings. The fraction of sp³-hybridized carbons (Fsp3) is 0.474. The molecule has 24 heavy (non-hydrogen) atoms. The van der Waals surface area contributed by atoms with Crippen molar-refractivity contribution in [3.05, 3.63) is 34.2 Å². The molecule has 0 atom stereocenters. The first-order chi connectivity index (χ1) is 11.6. The van der Waals surface area contributed by atoms with Gasteiger partial charge in [0.15, 0.2) is 0 Å². The van der Waals surface area contributed by atoms with Crippen molar-refractivity contribution in [2.75, 3.05) is 13.7 Å². The largest absolute Gasteiger partial charge is 0.497 e. The first kappa shape index (κ1) is 17.1. The molecule has 2 amide bonds. The highest BCUT2D eigenvalue weighted by molar-refractivity contribution is 8.18. The Morgan fingerprint density at radius 1 is 1.25 bits per heavy atom. The molecule has 0 spiro atoms. The van der Waals surface area contributed by atoms with Gasteiger partial charge in [-0.05, 0) is 66.8 Å². The minimum Gasteiger partial charge on any atom is -0.497 e. The number of benzene rings is 1. The number of carbonyl (C=O) groups excluding carboxylic acids is 2. The van der Waals surface area contributed by atoms with Crippen LogP contribution >= 0.6 is 11.8 Å². The maximum Gasteiger partial charge on any atom is 0.293 e. The standard InChI is InChI=1S/C19H23NO3S/c1-13-10-16(23-2)9-8-15(13)11-17-18(21)20(19(22)24-17)12-14-6-4-3-5-7-14/h8-11,14H,3-7,12H2,1-2H3/b17-11+. The van der Waals surface area contributed by atoms with Gasteiger partial charge in [-0.15, -0.1) is 0 Å². The maximum atomic E-state index is 12.6. The van der Waals surface area contributed by atoms with Crippen molar-refractivity contribution in [2.45, 2.75) is 39.0 Å². The van der Waals surface area contributed by atoms with Crippen LogP contribution in [0.5, 0.6) is 5.75 Å². The highest BCUT2D eigenvalue weighted by Gasteiger charge is 2.36. The Hall–Kier alpha value is -1.75. The monoisotopic (exact) mass is 345 g/mol. The van der Waals surface area contributed by atoms with Crippen LogP contribution in [0.3, 0.4) is 0 Å². The number of methoxy groups -OCH3 is 1. The Kier molecular flexibility index (Phi) is 5.29. The molecule has 0 radical (unpaired) electrons. The molecule has 1 aromatic rings. The Morgan fingerprint density at radius 3 is 2.67 bits per heavy atom. The van der Waals surface area contributed by atoms with Crippen molar-refractivity contribution in [3.63, 3.8) is 0 Å². The molecule has 1 saturated carbocycles. The van der Waals surface area contributed by atoms with E-state index in [1.807, 2.05) is 31.2 Å². The second-order valence-electron chi connectivity index (χ2n) is 6.52. The summed E-state index contributed by atoms with van der Waals surface area (Å²) in [6, 6.07) is 5.71. The molecule has 1 saturated heterocycles. The van der Waals surface area contributed by atoms with Gasteiger partial charge >= 0.3 is 0 Å². The maximum absolute atomic E-state index is 12.6. The van der Waals surface area contributed by atoms with Crippen LogP contribution in [0.1, 0.15) is 43.2 Å². The van der Waals surface area contributed by atoms with Crippen LogP contribution in [-0.2, 0) is 4.79 Å². The summed E-state index contributed by atoms with van der Waals surface area (Å²) in [4.78, 5) is 26.8. The summed E-state index contributed by atoms with van der Waals surface area (Å²) < 4.78 is 5.20. The Bertz CT molecular complexity index is 677. The van der Waals surface area contributed by atoms with E-state index in [0.717, 1.165) is 41.5 Å². The molecular weight excluding hydrogens is 322 g/mol. The van der Waals surface area contributed by atoms with E-state index in [9.17, 15) is 9.59 Å². The summed E-state index contributed by atoms with van der Waals surface area (Å²) in [6.07, 6.45) is 7.76. The summed E-state index contributed by atoms with van der Waals surface area (Å²) in [7, 11) is 1.63. The zero-order valence-electron chi connectivity index (χ0n) is 14.2. The summed E-state index contributed by atoms with van der Waals surface area (Å²) in [5.74, 6) is 1.11. The van der Waals surface area contributed by atoms with Crippen molar-refractivity contribution in [1.29, 1.82) is 0 Å². The smallest absolute Gasteiger partial charge is 0.293 e.